The number of hydrogen-bond donors (Lipinski definition) is 1. The molecule has 7 nitrogen and oxygen atoms in total. The molecule has 7 heteroatoms. The highest BCUT2D eigenvalue weighted by molar-refractivity contribution is 6.02. The summed E-state index contributed by atoms with van der Waals surface area (Å²) in [7, 11) is 0. The molecule has 1 aliphatic rings. The Kier molecular flexibility index (Phi) is 4.51. The van der Waals surface area contributed by atoms with Crippen LogP contribution in [-0.4, -0.2) is 34.4 Å². The second kappa shape index (κ2) is 6.59. The average Bonchev–Trinajstić information content (AvgIpc) is 3.05. The van der Waals surface area contributed by atoms with Gasteiger partial charge in [-0.15, -0.1) is 10.2 Å². The van der Waals surface area contributed by atoms with Crippen molar-refractivity contribution in [3.05, 3.63) is 29.6 Å². The Morgan fingerprint density at radius 1 is 1.17 bits per heavy atom. The summed E-state index contributed by atoms with van der Waals surface area (Å²) < 4.78 is 5.16. The maximum Gasteiger partial charge on any atom is 0.278 e. The quantitative estimate of drug-likeness (QED) is 0.932. The van der Waals surface area contributed by atoms with Crippen LogP contribution in [0, 0.1) is 0 Å². The van der Waals surface area contributed by atoms with Crippen molar-refractivity contribution in [3.8, 4) is 0 Å². The minimum atomic E-state index is -0.357. The van der Waals surface area contributed by atoms with Crippen molar-refractivity contribution in [2.75, 3.05) is 23.3 Å². The van der Waals surface area contributed by atoms with E-state index in [0.717, 1.165) is 24.6 Å². The zero-order chi connectivity index (χ0) is 17.2. The molecule has 3 rings (SSSR count). The zero-order valence-corrected chi connectivity index (χ0v) is 14.4. The van der Waals surface area contributed by atoms with E-state index in [9.17, 15) is 4.79 Å². The van der Waals surface area contributed by atoms with Gasteiger partial charge in [0.1, 0.15) is 0 Å². The van der Waals surface area contributed by atoms with Crippen LogP contribution in [0.25, 0.3) is 0 Å². The Morgan fingerprint density at radius 2 is 1.92 bits per heavy atom. The molecule has 0 aliphatic carbocycles. The topological polar surface area (TPSA) is 84.2 Å². The molecule has 1 amide bonds. The molecule has 1 fully saturated rings. The zero-order valence-electron chi connectivity index (χ0n) is 14.4. The van der Waals surface area contributed by atoms with Gasteiger partial charge < -0.3 is 9.42 Å². The Morgan fingerprint density at radius 3 is 2.50 bits per heavy atom. The molecule has 0 aromatic carbocycles. The number of amides is 1. The third-order valence-corrected chi connectivity index (χ3v) is 4.08. The highest BCUT2D eigenvalue weighted by atomic mass is 16.5. The monoisotopic (exact) mass is 329 g/mol. The Labute approximate surface area is 141 Å². The first-order valence-corrected chi connectivity index (χ1v) is 8.31. The van der Waals surface area contributed by atoms with Crippen molar-refractivity contribution >= 4 is 17.6 Å². The predicted octanol–water partition coefficient (Wildman–Crippen LogP) is 3.00. The van der Waals surface area contributed by atoms with Gasteiger partial charge in [0.2, 0.25) is 5.88 Å². The van der Waals surface area contributed by atoms with Crippen molar-refractivity contribution in [3.63, 3.8) is 0 Å². The maximum absolute atomic E-state index is 12.2. The van der Waals surface area contributed by atoms with E-state index in [0.29, 0.717) is 5.88 Å². The molecular formula is C17H23N5O2. The Bertz CT molecular complexity index is 697. The number of carbonyl (C=O) groups is 1. The molecule has 3 heterocycles. The Hall–Kier alpha value is -2.44. The summed E-state index contributed by atoms with van der Waals surface area (Å²) in [5, 5.41) is 14.9. The van der Waals surface area contributed by atoms with Gasteiger partial charge in [0.05, 0.1) is 5.69 Å². The van der Waals surface area contributed by atoms with Crippen LogP contribution in [0.5, 0.6) is 0 Å². The molecular weight excluding hydrogens is 306 g/mol. The molecule has 0 radical (unpaired) electrons. The predicted molar refractivity (Wildman–Crippen MR) is 91.3 cm³/mol. The third kappa shape index (κ3) is 3.72. The molecule has 1 aliphatic heterocycles. The number of piperidine rings is 1. The van der Waals surface area contributed by atoms with Crippen LogP contribution in [0.1, 0.15) is 56.2 Å². The van der Waals surface area contributed by atoms with Gasteiger partial charge in [-0.1, -0.05) is 25.9 Å². The van der Waals surface area contributed by atoms with Crippen molar-refractivity contribution < 1.29 is 9.32 Å². The third-order valence-electron chi connectivity index (χ3n) is 4.08. The summed E-state index contributed by atoms with van der Waals surface area (Å²) in [6, 6.07) is 5.26. The van der Waals surface area contributed by atoms with E-state index in [1.165, 1.54) is 19.3 Å². The highest BCUT2D eigenvalue weighted by Gasteiger charge is 2.20. The van der Waals surface area contributed by atoms with Crippen LogP contribution in [-0.2, 0) is 5.41 Å². The molecule has 2 aromatic heterocycles. The molecule has 0 unspecified atom stereocenters. The summed E-state index contributed by atoms with van der Waals surface area (Å²) in [4.78, 5) is 14.4. The van der Waals surface area contributed by atoms with Gasteiger partial charge in [0.25, 0.3) is 5.91 Å². The van der Waals surface area contributed by atoms with Crippen LogP contribution < -0.4 is 10.2 Å². The molecule has 0 spiro atoms. The van der Waals surface area contributed by atoms with Crippen molar-refractivity contribution in [2.24, 2.45) is 0 Å². The van der Waals surface area contributed by atoms with Crippen LogP contribution in [0.3, 0.4) is 0 Å². The fourth-order valence-corrected chi connectivity index (χ4v) is 2.60. The minimum Gasteiger partial charge on any atom is -0.355 e. The number of carbonyl (C=O) groups excluding carboxylic acids is 1. The maximum atomic E-state index is 12.2. The number of anilines is 2. The number of rotatable bonds is 3. The fourth-order valence-electron chi connectivity index (χ4n) is 2.60. The van der Waals surface area contributed by atoms with Gasteiger partial charge in [-0.3, -0.25) is 10.1 Å². The SMILES string of the molecule is CC(C)(C)c1cc(NC(=O)c2ccc(N3CCCCC3)nn2)on1. The van der Waals surface area contributed by atoms with Gasteiger partial charge in [-0.25, -0.2) is 0 Å². The molecule has 0 bridgehead atoms. The normalized spacial score (nSPS) is 15.4. The number of nitrogens with one attached hydrogen (secondary N) is 1. The highest BCUT2D eigenvalue weighted by Crippen LogP contribution is 2.24. The van der Waals surface area contributed by atoms with Gasteiger partial charge in [-0.2, -0.15) is 0 Å². The van der Waals surface area contributed by atoms with Crippen LogP contribution in [0.15, 0.2) is 22.7 Å². The molecule has 24 heavy (non-hydrogen) atoms. The lowest BCUT2D eigenvalue weighted by Crippen LogP contribution is -2.30. The lowest BCUT2D eigenvalue weighted by Gasteiger charge is -2.27. The van der Waals surface area contributed by atoms with E-state index in [1.807, 2.05) is 26.8 Å². The van der Waals surface area contributed by atoms with E-state index in [1.54, 1.807) is 12.1 Å². The molecule has 128 valence electrons. The summed E-state index contributed by atoms with van der Waals surface area (Å²) in [6.07, 6.45) is 3.61. The van der Waals surface area contributed by atoms with Crippen molar-refractivity contribution in [1.82, 2.24) is 15.4 Å². The van der Waals surface area contributed by atoms with E-state index in [-0.39, 0.29) is 17.0 Å². The first-order valence-electron chi connectivity index (χ1n) is 8.31. The molecule has 0 atom stereocenters. The average molecular weight is 329 g/mol. The summed E-state index contributed by atoms with van der Waals surface area (Å²) in [5.41, 5.74) is 0.899. The largest absolute Gasteiger partial charge is 0.355 e. The number of aromatic nitrogens is 3. The van der Waals surface area contributed by atoms with Gasteiger partial charge >= 0.3 is 0 Å². The standard InChI is InChI=1S/C17H23N5O2/c1-17(2,3)13-11-15(24-21-13)18-16(23)12-7-8-14(20-19-12)22-9-5-4-6-10-22/h7-8,11H,4-6,9-10H2,1-3H3,(H,18,23). The lowest BCUT2D eigenvalue weighted by molar-refractivity contribution is 0.101. The van der Waals surface area contributed by atoms with Crippen molar-refractivity contribution in [1.29, 1.82) is 0 Å². The first kappa shape index (κ1) is 16.4. The van der Waals surface area contributed by atoms with Crippen LogP contribution in [0.2, 0.25) is 0 Å². The van der Waals surface area contributed by atoms with Gasteiger partial charge in [0.15, 0.2) is 11.5 Å². The fraction of sp³-hybridized carbons (Fsp3) is 0.529. The second-order valence-corrected chi connectivity index (χ2v) is 7.11. The van der Waals surface area contributed by atoms with E-state index in [4.69, 9.17) is 4.52 Å². The van der Waals surface area contributed by atoms with Crippen LogP contribution in [0.4, 0.5) is 11.7 Å². The van der Waals surface area contributed by atoms with E-state index >= 15 is 0 Å². The number of nitrogens with zero attached hydrogens (tertiary/aromatic N) is 4. The van der Waals surface area contributed by atoms with Gasteiger partial charge in [-0.05, 0) is 31.4 Å². The molecule has 0 saturated carbocycles. The summed E-state index contributed by atoms with van der Waals surface area (Å²) >= 11 is 0. The summed E-state index contributed by atoms with van der Waals surface area (Å²) in [5.74, 6) is 0.775. The van der Waals surface area contributed by atoms with Gasteiger partial charge in [0, 0.05) is 24.6 Å². The molecule has 1 saturated heterocycles. The second-order valence-electron chi connectivity index (χ2n) is 7.11. The smallest absolute Gasteiger partial charge is 0.278 e. The Balaban J connectivity index is 1.65. The number of hydrogen-bond acceptors (Lipinski definition) is 6. The van der Waals surface area contributed by atoms with Crippen LogP contribution >= 0.6 is 0 Å². The van der Waals surface area contributed by atoms with Crippen molar-refractivity contribution in [2.45, 2.75) is 45.4 Å². The lowest BCUT2D eigenvalue weighted by atomic mass is 9.92. The minimum absolute atomic E-state index is 0.137. The molecule has 1 N–H and O–H groups in total. The summed E-state index contributed by atoms with van der Waals surface area (Å²) in [6.45, 7) is 8.07. The first-order chi connectivity index (χ1) is 11.4. The van der Waals surface area contributed by atoms with E-state index < -0.39 is 0 Å². The molecule has 2 aromatic rings. The van der Waals surface area contributed by atoms with E-state index in [2.05, 4.69) is 25.6 Å².